The Kier molecular flexibility index (Phi) is 9.83. The van der Waals surface area contributed by atoms with Gasteiger partial charge in [0.05, 0.1) is 18.9 Å². The first-order chi connectivity index (χ1) is 16.5. The van der Waals surface area contributed by atoms with Crippen LogP contribution >= 0.6 is 11.3 Å². The van der Waals surface area contributed by atoms with E-state index in [1.807, 2.05) is 0 Å². The maximum Gasteiger partial charge on any atom is 0.404 e. The Hall–Kier alpha value is -2.99. The number of anilines is 1. The van der Waals surface area contributed by atoms with Crippen molar-refractivity contribution in [2.45, 2.75) is 25.7 Å². The van der Waals surface area contributed by atoms with Crippen molar-refractivity contribution in [2.75, 3.05) is 50.9 Å². The molecule has 12 heteroatoms. The smallest absolute Gasteiger partial charge is 0.404 e. The van der Waals surface area contributed by atoms with Gasteiger partial charge in [0.15, 0.2) is 23.3 Å². The largest absolute Gasteiger partial charge is 0.480 e. The maximum atomic E-state index is 14.5. The molecule has 9 nitrogen and oxygen atoms in total. The van der Waals surface area contributed by atoms with Crippen molar-refractivity contribution in [1.82, 2.24) is 15.6 Å². The molecule has 1 saturated heterocycles. The molecular formula is C22H28F2N4O5S. The molecule has 0 bridgehead atoms. The van der Waals surface area contributed by atoms with E-state index in [9.17, 15) is 18.4 Å². The Balaban J connectivity index is 1.51. The number of morpholine rings is 1. The summed E-state index contributed by atoms with van der Waals surface area (Å²) in [5, 5.41) is 16.0. The summed E-state index contributed by atoms with van der Waals surface area (Å²) in [4.78, 5) is 29.1. The van der Waals surface area contributed by atoms with Crippen LogP contribution in [0.4, 0.5) is 18.7 Å². The zero-order valence-electron chi connectivity index (χ0n) is 18.6. The summed E-state index contributed by atoms with van der Waals surface area (Å²) in [7, 11) is 0. The highest BCUT2D eigenvalue weighted by Crippen LogP contribution is 2.36. The molecule has 0 saturated carbocycles. The van der Waals surface area contributed by atoms with E-state index in [-0.39, 0.29) is 11.3 Å². The second-order valence-corrected chi connectivity index (χ2v) is 8.47. The van der Waals surface area contributed by atoms with Gasteiger partial charge in [0.25, 0.3) is 5.91 Å². The van der Waals surface area contributed by atoms with Crippen molar-refractivity contribution in [2.24, 2.45) is 0 Å². The fourth-order valence-corrected chi connectivity index (χ4v) is 4.26. The number of carbonyl (C=O) groups is 2. The van der Waals surface area contributed by atoms with Crippen LogP contribution in [0, 0.1) is 11.6 Å². The zero-order chi connectivity index (χ0) is 24.3. The minimum absolute atomic E-state index is 0.275. The van der Waals surface area contributed by atoms with Gasteiger partial charge in [-0.05, 0) is 25.0 Å². The Morgan fingerprint density at radius 3 is 2.53 bits per heavy atom. The minimum atomic E-state index is -1.17. The number of amides is 2. The predicted molar refractivity (Wildman–Crippen MR) is 123 cm³/mol. The first kappa shape index (κ1) is 25.6. The molecule has 34 heavy (non-hydrogen) atoms. The molecule has 3 N–H and O–H groups in total. The van der Waals surface area contributed by atoms with Crippen molar-refractivity contribution in [3.8, 4) is 17.0 Å². The van der Waals surface area contributed by atoms with Crippen LogP contribution in [0.5, 0.6) is 5.75 Å². The number of aromatic nitrogens is 1. The fraction of sp³-hybridized carbons (Fsp3) is 0.500. The number of carbonyl (C=O) groups excluding carboxylic acids is 1. The SMILES string of the molecule is O=C(O)NCCCCCCNC(=O)COc1c(-c2csc(N3CCOCC3)n2)ccc(F)c1F. The number of hydrogen-bond acceptors (Lipinski definition) is 7. The van der Waals surface area contributed by atoms with Gasteiger partial charge >= 0.3 is 6.09 Å². The Morgan fingerprint density at radius 1 is 1.12 bits per heavy atom. The van der Waals surface area contributed by atoms with Crippen LogP contribution in [-0.4, -0.2) is 68.1 Å². The number of nitrogens with zero attached hydrogens (tertiary/aromatic N) is 2. The van der Waals surface area contributed by atoms with Crippen LogP contribution in [0.2, 0.25) is 0 Å². The second-order valence-electron chi connectivity index (χ2n) is 7.64. The fourth-order valence-electron chi connectivity index (χ4n) is 3.38. The van der Waals surface area contributed by atoms with Crippen LogP contribution in [0.1, 0.15) is 25.7 Å². The van der Waals surface area contributed by atoms with Crippen LogP contribution in [0.3, 0.4) is 0 Å². The summed E-state index contributed by atoms with van der Waals surface area (Å²) < 4.78 is 39.2. The zero-order valence-corrected chi connectivity index (χ0v) is 19.5. The minimum Gasteiger partial charge on any atom is -0.480 e. The lowest BCUT2D eigenvalue weighted by Gasteiger charge is -2.26. The predicted octanol–water partition coefficient (Wildman–Crippen LogP) is 3.25. The van der Waals surface area contributed by atoms with Crippen LogP contribution < -0.4 is 20.3 Å². The highest BCUT2D eigenvalue weighted by molar-refractivity contribution is 7.14. The van der Waals surface area contributed by atoms with Crippen molar-refractivity contribution in [3.63, 3.8) is 0 Å². The summed E-state index contributed by atoms with van der Waals surface area (Å²) in [6.07, 6.45) is 2.03. The number of thiazole rings is 1. The van der Waals surface area contributed by atoms with Crippen molar-refractivity contribution in [3.05, 3.63) is 29.1 Å². The van der Waals surface area contributed by atoms with E-state index < -0.39 is 30.2 Å². The van der Waals surface area contributed by atoms with Gasteiger partial charge in [0, 0.05) is 37.1 Å². The van der Waals surface area contributed by atoms with Crippen LogP contribution in [0.25, 0.3) is 11.3 Å². The third-order valence-electron chi connectivity index (χ3n) is 5.15. The molecular weight excluding hydrogens is 470 g/mol. The summed E-state index contributed by atoms with van der Waals surface area (Å²) >= 11 is 1.39. The van der Waals surface area contributed by atoms with Gasteiger partial charge in [-0.25, -0.2) is 14.2 Å². The monoisotopic (exact) mass is 498 g/mol. The van der Waals surface area contributed by atoms with Gasteiger partial charge in [-0.15, -0.1) is 11.3 Å². The van der Waals surface area contributed by atoms with E-state index in [2.05, 4.69) is 20.5 Å². The lowest BCUT2D eigenvalue weighted by Crippen LogP contribution is -2.36. The third-order valence-corrected chi connectivity index (χ3v) is 6.05. The van der Waals surface area contributed by atoms with Crippen molar-refractivity contribution < 1.29 is 33.0 Å². The average Bonchev–Trinajstić information content (AvgIpc) is 3.32. The third kappa shape index (κ3) is 7.52. The van der Waals surface area contributed by atoms with Crippen molar-refractivity contribution in [1.29, 1.82) is 0 Å². The van der Waals surface area contributed by atoms with Gasteiger partial charge in [-0.3, -0.25) is 4.79 Å². The molecule has 1 aromatic carbocycles. The normalized spacial score (nSPS) is 13.5. The maximum absolute atomic E-state index is 14.5. The highest BCUT2D eigenvalue weighted by atomic mass is 32.1. The van der Waals surface area contributed by atoms with Crippen LogP contribution in [-0.2, 0) is 9.53 Å². The summed E-state index contributed by atoms with van der Waals surface area (Å²) in [6.45, 7) is 2.94. The second kappa shape index (κ2) is 13.0. The molecule has 0 aliphatic carbocycles. The quantitative estimate of drug-likeness (QED) is 0.385. The van der Waals surface area contributed by atoms with E-state index in [4.69, 9.17) is 14.6 Å². The molecule has 0 radical (unpaired) electrons. The number of benzene rings is 1. The molecule has 2 aromatic rings. The Morgan fingerprint density at radius 2 is 1.82 bits per heavy atom. The van der Waals surface area contributed by atoms with E-state index >= 15 is 0 Å². The van der Waals surface area contributed by atoms with E-state index in [0.29, 0.717) is 51.5 Å². The molecule has 0 unspecified atom stereocenters. The van der Waals surface area contributed by atoms with Gasteiger partial charge in [-0.1, -0.05) is 12.8 Å². The molecule has 1 aliphatic heterocycles. The first-order valence-electron chi connectivity index (χ1n) is 11.1. The van der Waals surface area contributed by atoms with Crippen molar-refractivity contribution >= 4 is 28.5 Å². The highest BCUT2D eigenvalue weighted by Gasteiger charge is 2.21. The Labute approximate surface area is 200 Å². The van der Waals surface area contributed by atoms with Gasteiger partial charge in [0.2, 0.25) is 5.82 Å². The van der Waals surface area contributed by atoms with Gasteiger partial charge in [-0.2, -0.15) is 4.39 Å². The summed E-state index contributed by atoms with van der Waals surface area (Å²) in [5.74, 6) is -3.03. The molecule has 2 amide bonds. The van der Waals surface area contributed by atoms with E-state index in [0.717, 1.165) is 30.5 Å². The first-order valence-corrected chi connectivity index (χ1v) is 12.0. The molecule has 0 atom stereocenters. The van der Waals surface area contributed by atoms with Gasteiger partial charge < -0.3 is 30.1 Å². The molecule has 1 fully saturated rings. The topological polar surface area (TPSA) is 113 Å². The van der Waals surface area contributed by atoms with E-state index in [1.165, 1.54) is 17.4 Å². The standard InChI is InChI=1S/C22H28F2N4O5S/c23-16-6-5-15(17-14-34-21(27-17)28-9-11-32-12-10-28)20(19(16)24)33-13-18(29)25-7-3-1-2-4-8-26-22(30)31/h5-6,14,26H,1-4,7-13H2,(H,25,29)(H,30,31). The Bertz CT molecular complexity index is 969. The summed E-state index contributed by atoms with van der Waals surface area (Å²) in [6, 6.07) is 2.40. The summed E-state index contributed by atoms with van der Waals surface area (Å²) in [5.41, 5.74) is 0.718. The number of hydrogen-bond donors (Lipinski definition) is 3. The molecule has 3 rings (SSSR count). The lowest BCUT2D eigenvalue weighted by molar-refractivity contribution is -0.123. The number of nitrogens with one attached hydrogen (secondary N) is 2. The number of rotatable bonds is 12. The van der Waals surface area contributed by atoms with Crippen LogP contribution in [0.15, 0.2) is 17.5 Å². The molecule has 1 aliphatic rings. The molecule has 0 spiro atoms. The number of carboxylic acid groups (broad SMARTS) is 1. The molecule has 2 heterocycles. The molecule has 186 valence electrons. The molecule has 1 aromatic heterocycles. The number of ether oxygens (including phenoxy) is 2. The average molecular weight is 499 g/mol. The number of halogens is 2. The van der Waals surface area contributed by atoms with E-state index in [1.54, 1.807) is 5.38 Å². The number of unbranched alkanes of at least 4 members (excludes halogenated alkanes) is 3. The lowest BCUT2D eigenvalue weighted by atomic mass is 10.1. The van der Waals surface area contributed by atoms with Gasteiger partial charge in [0.1, 0.15) is 0 Å².